The number of halogens is 1. The maximum Gasteiger partial charge on any atom is 0.120 e. The summed E-state index contributed by atoms with van der Waals surface area (Å²) in [6.45, 7) is 1.37. The smallest absolute Gasteiger partial charge is 0.120 e. The van der Waals surface area contributed by atoms with Crippen molar-refractivity contribution in [1.29, 1.82) is 0 Å². The van der Waals surface area contributed by atoms with Crippen molar-refractivity contribution in [1.82, 2.24) is 4.57 Å². The van der Waals surface area contributed by atoms with Gasteiger partial charge in [-0.15, -0.1) is 12.4 Å². The lowest BCUT2D eigenvalue weighted by Gasteiger charge is -2.09. The lowest BCUT2D eigenvalue weighted by molar-refractivity contribution is 0.306. The van der Waals surface area contributed by atoms with Crippen LogP contribution < -0.4 is 10.5 Å². The molecule has 1 aliphatic carbocycles. The third-order valence-corrected chi connectivity index (χ3v) is 4.96. The average molecular weight is 343 g/mol. The molecule has 0 aliphatic heterocycles. The van der Waals surface area contributed by atoms with E-state index in [0.29, 0.717) is 12.5 Å². The maximum atomic E-state index is 5.99. The van der Waals surface area contributed by atoms with E-state index in [1.54, 1.807) is 0 Å². The van der Waals surface area contributed by atoms with Gasteiger partial charge in [0.1, 0.15) is 12.4 Å². The van der Waals surface area contributed by atoms with Gasteiger partial charge < -0.3 is 15.0 Å². The summed E-state index contributed by atoms with van der Waals surface area (Å²) in [4.78, 5) is 0. The highest BCUT2D eigenvalue weighted by molar-refractivity contribution is 5.87. The number of hydrogen-bond donors (Lipinski definition) is 1. The molecule has 3 nitrogen and oxygen atoms in total. The van der Waals surface area contributed by atoms with Crippen molar-refractivity contribution in [2.75, 3.05) is 6.54 Å². The van der Waals surface area contributed by atoms with Crippen LogP contribution in [-0.4, -0.2) is 11.1 Å². The zero-order valence-electron chi connectivity index (χ0n) is 13.9. The van der Waals surface area contributed by atoms with Gasteiger partial charge in [-0.1, -0.05) is 30.3 Å². The van der Waals surface area contributed by atoms with Crippen LogP contribution in [0.1, 0.15) is 16.8 Å². The number of rotatable bonds is 4. The summed E-state index contributed by atoms with van der Waals surface area (Å²) in [5, 5.41) is 1.32. The summed E-state index contributed by atoms with van der Waals surface area (Å²) in [6, 6.07) is 16.7. The van der Waals surface area contributed by atoms with Crippen LogP contribution in [0.2, 0.25) is 0 Å². The molecule has 126 valence electrons. The molecule has 0 saturated carbocycles. The number of aryl methyl sites for hydroxylation is 1. The van der Waals surface area contributed by atoms with Crippen LogP contribution in [0.4, 0.5) is 0 Å². The Morgan fingerprint density at radius 3 is 2.67 bits per heavy atom. The van der Waals surface area contributed by atoms with E-state index in [9.17, 15) is 0 Å². The largest absolute Gasteiger partial charge is 0.489 e. The van der Waals surface area contributed by atoms with Gasteiger partial charge in [-0.25, -0.2) is 0 Å². The quantitative estimate of drug-likeness (QED) is 0.782. The fourth-order valence-corrected chi connectivity index (χ4v) is 3.67. The molecule has 2 aromatic carbocycles. The number of ether oxygens (including phenoxy) is 1. The molecule has 0 fully saturated rings. The number of nitrogens with zero attached hydrogens (tertiary/aromatic N) is 1. The molecule has 4 rings (SSSR count). The zero-order valence-corrected chi connectivity index (χ0v) is 14.7. The van der Waals surface area contributed by atoms with Gasteiger partial charge in [0.25, 0.3) is 0 Å². The highest BCUT2D eigenvalue weighted by Crippen LogP contribution is 2.36. The average Bonchev–Trinajstić information content (AvgIpc) is 3.13. The SMILES string of the molecule is Cl.Cn1c2c(c3cc(OCc4ccccc4)ccc31)CC(CN)C2. The first kappa shape index (κ1) is 16.9. The van der Waals surface area contributed by atoms with E-state index in [1.807, 2.05) is 18.2 Å². The molecule has 1 heterocycles. The van der Waals surface area contributed by atoms with E-state index in [1.165, 1.54) is 27.7 Å². The summed E-state index contributed by atoms with van der Waals surface area (Å²) in [6.07, 6.45) is 2.18. The molecule has 1 aromatic heterocycles. The van der Waals surface area contributed by atoms with Crippen LogP contribution in [0.25, 0.3) is 10.9 Å². The van der Waals surface area contributed by atoms with Gasteiger partial charge in [0.05, 0.1) is 0 Å². The van der Waals surface area contributed by atoms with Crippen LogP contribution in [0.3, 0.4) is 0 Å². The van der Waals surface area contributed by atoms with Crippen LogP contribution >= 0.6 is 12.4 Å². The number of nitrogens with two attached hydrogens (primary N) is 1. The second-order valence-corrected chi connectivity index (χ2v) is 6.45. The van der Waals surface area contributed by atoms with Gasteiger partial charge in [0.15, 0.2) is 0 Å². The summed E-state index contributed by atoms with van der Waals surface area (Å²) in [5.41, 5.74) is 11.3. The molecule has 0 bridgehead atoms. The Bertz CT molecular complexity index is 842. The predicted octanol–water partition coefficient (Wildman–Crippen LogP) is 3.85. The third-order valence-electron chi connectivity index (χ3n) is 4.96. The fourth-order valence-electron chi connectivity index (χ4n) is 3.67. The van der Waals surface area contributed by atoms with Gasteiger partial charge >= 0.3 is 0 Å². The molecule has 1 aliphatic rings. The summed E-state index contributed by atoms with van der Waals surface area (Å²) in [5.74, 6) is 1.52. The molecule has 0 radical (unpaired) electrons. The lowest BCUT2D eigenvalue weighted by atomic mass is 10.1. The molecular weight excluding hydrogens is 320 g/mol. The summed E-state index contributed by atoms with van der Waals surface area (Å²) in [7, 11) is 2.16. The summed E-state index contributed by atoms with van der Waals surface area (Å²) >= 11 is 0. The van der Waals surface area contributed by atoms with E-state index in [2.05, 4.69) is 41.9 Å². The monoisotopic (exact) mass is 342 g/mol. The highest BCUT2D eigenvalue weighted by atomic mass is 35.5. The maximum absolute atomic E-state index is 5.99. The van der Waals surface area contributed by atoms with Crippen molar-refractivity contribution in [3.63, 3.8) is 0 Å². The molecule has 3 aromatic rings. The van der Waals surface area contributed by atoms with Gasteiger partial charge in [-0.05, 0) is 54.6 Å². The van der Waals surface area contributed by atoms with Crippen LogP contribution in [0, 0.1) is 5.92 Å². The Labute approximate surface area is 148 Å². The molecule has 4 heteroatoms. The number of hydrogen-bond acceptors (Lipinski definition) is 2. The van der Waals surface area contributed by atoms with E-state index in [4.69, 9.17) is 10.5 Å². The van der Waals surface area contributed by atoms with Crippen LogP contribution in [0.15, 0.2) is 48.5 Å². The Kier molecular flexibility index (Phi) is 4.83. The number of fused-ring (bicyclic) bond motifs is 3. The van der Waals surface area contributed by atoms with Crippen molar-refractivity contribution in [3.05, 3.63) is 65.4 Å². The van der Waals surface area contributed by atoms with Crippen molar-refractivity contribution in [2.24, 2.45) is 18.7 Å². The van der Waals surface area contributed by atoms with Gasteiger partial charge in [0, 0.05) is 23.6 Å². The molecule has 0 amide bonds. The van der Waals surface area contributed by atoms with Crippen molar-refractivity contribution in [3.8, 4) is 5.75 Å². The van der Waals surface area contributed by atoms with Gasteiger partial charge in [-0.2, -0.15) is 0 Å². The Hall–Kier alpha value is -1.97. The molecule has 1 unspecified atom stereocenters. The minimum absolute atomic E-state index is 0. The standard InChI is InChI=1S/C20H22N2O.ClH/c1-22-19-8-7-16(23-13-14-5-3-2-4-6-14)11-18(19)17-9-15(12-21)10-20(17)22;/h2-8,11,15H,9-10,12-13,21H2,1H3;1H. The van der Waals surface area contributed by atoms with Gasteiger partial charge in [-0.3, -0.25) is 0 Å². The second-order valence-electron chi connectivity index (χ2n) is 6.45. The number of benzene rings is 2. The zero-order chi connectivity index (χ0) is 15.8. The predicted molar refractivity (Wildman–Crippen MR) is 101 cm³/mol. The topological polar surface area (TPSA) is 40.2 Å². The first-order valence-electron chi connectivity index (χ1n) is 8.23. The van der Waals surface area contributed by atoms with E-state index >= 15 is 0 Å². The van der Waals surface area contributed by atoms with E-state index in [-0.39, 0.29) is 12.4 Å². The van der Waals surface area contributed by atoms with Gasteiger partial charge in [0.2, 0.25) is 0 Å². The van der Waals surface area contributed by atoms with Crippen LogP contribution in [-0.2, 0) is 26.5 Å². The summed E-state index contributed by atoms with van der Waals surface area (Å²) < 4.78 is 8.31. The minimum Gasteiger partial charge on any atom is -0.489 e. The first-order chi connectivity index (χ1) is 11.3. The molecule has 24 heavy (non-hydrogen) atoms. The Balaban J connectivity index is 0.00000169. The van der Waals surface area contributed by atoms with E-state index in [0.717, 1.165) is 25.1 Å². The second kappa shape index (κ2) is 6.88. The fraction of sp³-hybridized carbons (Fsp3) is 0.300. The molecule has 2 N–H and O–H groups in total. The Morgan fingerprint density at radius 1 is 1.12 bits per heavy atom. The minimum atomic E-state index is 0. The van der Waals surface area contributed by atoms with Crippen molar-refractivity contribution < 1.29 is 4.74 Å². The third kappa shape index (κ3) is 2.90. The van der Waals surface area contributed by atoms with Crippen molar-refractivity contribution in [2.45, 2.75) is 19.4 Å². The molecular formula is C20H23ClN2O. The molecule has 0 saturated heterocycles. The Morgan fingerprint density at radius 2 is 1.92 bits per heavy atom. The lowest BCUT2D eigenvalue weighted by Crippen LogP contribution is -2.14. The normalized spacial score (nSPS) is 16.0. The van der Waals surface area contributed by atoms with Crippen LogP contribution in [0.5, 0.6) is 5.75 Å². The van der Waals surface area contributed by atoms with Crippen molar-refractivity contribution >= 4 is 23.3 Å². The first-order valence-corrected chi connectivity index (χ1v) is 8.23. The molecule has 0 spiro atoms. The highest BCUT2D eigenvalue weighted by Gasteiger charge is 2.26. The molecule has 1 atom stereocenters. The van der Waals surface area contributed by atoms with E-state index < -0.39 is 0 Å². The number of aromatic nitrogens is 1.